The van der Waals surface area contributed by atoms with Crippen LogP contribution in [-0.4, -0.2) is 22.1 Å². The number of benzene rings is 1. The molecule has 0 fully saturated rings. The highest BCUT2D eigenvalue weighted by Gasteiger charge is 2.10. The van der Waals surface area contributed by atoms with Crippen LogP contribution in [0.4, 0.5) is 9.18 Å². The third-order valence-corrected chi connectivity index (χ3v) is 3.13. The second kappa shape index (κ2) is 7.35. The van der Waals surface area contributed by atoms with Gasteiger partial charge in [0.25, 0.3) is 5.56 Å². The minimum atomic E-state index is -1.18. The monoisotopic (exact) mass is 305 g/mol. The van der Waals surface area contributed by atoms with Gasteiger partial charge in [-0.15, -0.1) is 0 Å². The van der Waals surface area contributed by atoms with Crippen molar-refractivity contribution in [1.82, 2.24) is 14.9 Å². The lowest BCUT2D eigenvalue weighted by Gasteiger charge is -2.06. The molecule has 0 aliphatic rings. The summed E-state index contributed by atoms with van der Waals surface area (Å²) in [6, 6.07) is 9.18. The Kier molecular flexibility index (Phi) is 5.24. The fraction of sp³-hybridized carbons (Fsp3) is 0.267. The molecule has 1 heterocycles. The van der Waals surface area contributed by atoms with Gasteiger partial charge in [0.05, 0.1) is 6.20 Å². The number of aromatic amines is 1. The summed E-state index contributed by atoms with van der Waals surface area (Å²) in [7, 11) is 0. The molecule has 2 aromatic rings. The molecule has 0 atom stereocenters. The van der Waals surface area contributed by atoms with Crippen LogP contribution in [0.15, 0.2) is 46.1 Å². The number of aromatic nitrogens is 2. The number of hydrogen-bond donors (Lipinski definition) is 2. The number of carbonyl (C=O) groups excluding carboxylic acids is 1. The van der Waals surface area contributed by atoms with Gasteiger partial charge in [0.15, 0.2) is 0 Å². The third-order valence-electron chi connectivity index (χ3n) is 3.13. The van der Waals surface area contributed by atoms with Crippen LogP contribution in [0.25, 0.3) is 0 Å². The van der Waals surface area contributed by atoms with Gasteiger partial charge in [-0.1, -0.05) is 30.3 Å². The summed E-state index contributed by atoms with van der Waals surface area (Å²) < 4.78 is 13.6. The lowest BCUT2D eigenvalue weighted by Crippen LogP contribution is -2.40. The summed E-state index contributed by atoms with van der Waals surface area (Å²) in [4.78, 5) is 35.7. The van der Waals surface area contributed by atoms with Crippen molar-refractivity contribution in [3.05, 3.63) is 68.7 Å². The summed E-state index contributed by atoms with van der Waals surface area (Å²) in [5.41, 5.74) is -0.891. The molecule has 1 amide bonds. The lowest BCUT2D eigenvalue weighted by molar-refractivity contribution is 0.240. The number of hydrogen-bond acceptors (Lipinski definition) is 3. The maximum atomic E-state index is 13.1. The van der Waals surface area contributed by atoms with E-state index in [1.807, 2.05) is 30.3 Å². The highest BCUT2D eigenvalue weighted by atomic mass is 19.1. The molecule has 2 N–H and O–H groups in total. The van der Waals surface area contributed by atoms with Crippen LogP contribution in [-0.2, 0) is 6.42 Å². The van der Waals surface area contributed by atoms with Gasteiger partial charge in [0.2, 0.25) is 5.82 Å². The molecular formula is C15H16FN3O3. The number of rotatable bonds is 5. The van der Waals surface area contributed by atoms with Crippen LogP contribution < -0.4 is 16.6 Å². The predicted molar refractivity (Wildman–Crippen MR) is 79.5 cm³/mol. The fourth-order valence-corrected chi connectivity index (χ4v) is 1.98. The quantitative estimate of drug-likeness (QED) is 0.816. The number of unbranched alkanes of at least 4 members (excludes halogenated alkanes) is 1. The molecule has 1 aromatic carbocycles. The number of H-pyrrole nitrogens is 1. The summed E-state index contributed by atoms with van der Waals surface area (Å²) in [5.74, 6) is -1.18. The van der Waals surface area contributed by atoms with Crippen molar-refractivity contribution in [2.75, 3.05) is 6.54 Å². The van der Waals surface area contributed by atoms with Gasteiger partial charge in [-0.2, -0.15) is 4.39 Å². The lowest BCUT2D eigenvalue weighted by atomic mass is 10.1. The number of amides is 1. The number of nitrogens with one attached hydrogen (secondary N) is 2. The molecule has 0 saturated heterocycles. The normalized spacial score (nSPS) is 10.4. The third kappa shape index (κ3) is 4.15. The summed E-state index contributed by atoms with van der Waals surface area (Å²) in [6.07, 6.45) is 3.07. The van der Waals surface area contributed by atoms with Gasteiger partial charge in [-0.25, -0.2) is 14.2 Å². The van der Waals surface area contributed by atoms with E-state index in [0.29, 0.717) is 17.3 Å². The van der Waals surface area contributed by atoms with Gasteiger partial charge in [0, 0.05) is 6.54 Å². The van der Waals surface area contributed by atoms with E-state index in [0.717, 1.165) is 19.3 Å². The highest BCUT2D eigenvalue weighted by molar-refractivity contribution is 5.76. The van der Waals surface area contributed by atoms with Crippen LogP contribution in [0.1, 0.15) is 18.4 Å². The Labute approximate surface area is 125 Å². The SMILES string of the molecule is O=C(NCCCCc1ccccc1)n1cc(F)c(=O)[nH]c1=O. The molecule has 0 spiro atoms. The summed E-state index contributed by atoms with van der Waals surface area (Å²) >= 11 is 0. The van der Waals surface area contributed by atoms with E-state index in [-0.39, 0.29) is 0 Å². The number of aryl methyl sites for hydroxylation is 1. The first-order chi connectivity index (χ1) is 10.6. The van der Waals surface area contributed by atoms with Crippen molar-refractivity contribution in [3.63, 3.8) is 0 Å². The molecule has 1 aromatic heterocycles. The first kappa shape index (κ1) is 15.7. The Hall–Kier alpha value is -2.70. The molecule has 7 heteroatoms. The Morgan fingerprint density at radius 2 is 1.91 bits per heavy atom. The van der Waals surface area contributed by atoms with E-state index >= 15 is 0 Å². The van der Waals surface area contributed by atoms with E-state index in [9.17, 15) is 18.8 Å². The average Bonchev–Trinajstić information content (AvgIpc) is 2.51. The van der Waals surface area contributed by atoms with E-state index in [1.165, 1.54) is 5.56 Å². The smallest absolute Gasteiger partial charge is 0.336 e. The van der Waals surface area contributed by atoms with Crippen LogP contribution in [0.3, 0.4) is 0 Å². The molecular weight excluding hydrogens is 289 g/mol. The van der Waals surface area contributed by atoms with Crippen molar-refractivity contribution in [2.45, 2.75) is 19.3 Å². The zero-order valence-electron chi connectivity index (χ0n) is 11.8. The molecule has 0 saturated carbocycles. The largest absolute Gasteiger partial charge is 0.337 e. The van der Waals surface area contributed by atoms with Crippen LogP contribution in [0.2, 0.25) is 0 Å². The zero-order chi connectivity index (χ0) is 15.9. The molecule has 2 rings (SSSR count). The number of halogens is 1. The van der Waals surface area contributed by atoms with Crippen LogP contribution in [0, 0.1) is 5.82 Å². The Morgan fingerprint density at radius 3 is 2.64 bits per heavy atom. The minimum absolute atomic E-state index is 0.360. The van der Waals surface area contributed by atoms with Gasteiger partial charge >= 0.3 is 11.7 Å². The first-order valence-corrected chi connectivity index (χ1v) is 6.91. The van der Waals surface area contributed by atoms with E-state index in [2.05, 4.69) is 5.32 Å². The van der Waals surface area contributed by atoms with Gasteiger partial charge in [-0.3, -0.25) is 9.78 Å². The molecule has 0 aliphatic heterocycles. The molecule has 22 heavy (non-hydrogen) atoms. The van der Waals surface area contributed by atoms with E-state index in [1.54, 1.807) is 4.98 Å². The Bertz CT molecular complexity index is 753. The molecule has 6 nitrogen and oxygen atoms in total. The number of carbonyl (C=O) groups is 1. The van der Waals surface area contributed by atoms with Crippen LogP contribution >= 0.6 is 0 Å². The molecule has 0 aliphatic carbocycles. The highest BCUT2D eigenvalue weighted by Crippen LogP contribution is 2.03. The predicted octanol–water partition coefficient (Wildman–Crippen LogP) is 1.26. The minimum Gasteiger partial charge on any atom is -0.337 e. The fourth-order valence-electron chi connectivity index (χ4n) is 1.98. The van der Waals surface area contributed by atoms with Crippen molar-refractivity contribution >= 4 is 6.03 Å². The van der Waals surface area contributed by atoms with Gasteiger partial charge in [-0.05, 0) is 24.8 Å². The molecule has 116 valence electrons. The second-order valence-electron chi connectivity index (χ2n) is 4.78. The van der Waals surface area contributed by atoms with Crippen LogP contribution in [0.5, 0.6) is 0 Å². The average molecular weight is 305 g/mol. The topological polar surface area (TPSA) is 84.0 Å². The van der Waals surface area contributed by atoms with Crippen molar-refractivity contribution in [1.29, 1.82) is 0 Å². The van der Waals surface area contributed by atoms with Crippen molar-refractivity contribution in [2.24, 2.45) is 0 Å². The molecule has 0 radical (unpaired) electrons. The summed E-state index contributed by atoms with van der Waals surface area (Å²) in [6.45, 7) is 0.360. The standard InChI is InChI=1S/C15H16FN3O3/c16-12-10-19(15(22)18-13(12)20)14(21)17-9-5-4-8-11-6-2-1-3-7-11/h1-3,6-7,10H,4-5,8-9H2,(H,17,21)(H,18,20,22). The number of nitrogens with zero attached hydrogens (tertiary/aromatic N) is 1. The second-order valence-corrected chi connectivity index (χ2v) is 4.78. The van der Waals surface area contributed by atoms with E-state index < -0.39 is 23.1 Å². The molecule has 0 bridgehead atoms. The van der Waals surface area contributed by atoms with Crippen molar-refractivity contribution in [3.8, 4) is 0 Å². The maximum Gasteiger partial charge on any atom is 0.336 e. The van der Waals surface area contributed by atoms with Gasteiger partial charge < -0.3 is 5.32 Å². The Balaban J connectivity index is 1.80. The summed E-state index contributed by atoms with van der Waals surface area (Å²) in [5, 5.41) is 2.51. The van der Waals surface area contributed by atoms with Crippen molar-refractivity contribution < 1.29 is 9.18 Å². The zero-order valence-corrected chi connectivity index (χ0v) is 11.8. The first-order valence-electron chi connectivity index (χ1n) is 6.91. The molecule has 0 unspecified atom stereocenters. The van der Waals surface area contributed by atoms with E-state index in [4.69, 9.17) is 0 Å². The maximum absolute atomic E-state index is 13.1. The van der Waals surface area contributed by atoms with Gasteiger partial charge in [0.1, 0.15) is 0 Å². The Morgan fingerprint density at radius 1 is 1.18 bits per heavy atom.